The Labute approximate surface area is 351 Å². The largest absolute Gasteiger partial charge is 0.522 e. The number of carbonyl (C=O) groups is 2. The molecule has 2 aliphatic heterocycles. The molecule has 0 atom stereocenters. The number of aromatic nitrogens is 4. The smallest absolute Gasteiger partial charge is 0.481 e. The Hall–Kier alpha value is -6.78. The third kappa shape index (κ3) is 11.3. The van der Waals surface area contributed by atoms with Crippen molar-refractivity contribution in [3.05, 3.63) is 92.5 Å². The summed E-state index contributed by atoms with van der Waals surface area (Å²) >= 11 is 0. The van der Waals surface area contributed by atoms with Gasteiger partial charge in [-0.2, -0.15) is 33.0 Å². The molecule has 0 saturated carbocycles. The minimum absolute atomic E-state index is 0.000456. The van der Waals surface area contributed by atoms with Crippen LogP contribution >= 0.6 is 0 Å². The molecular weight excluding hydrogens is 832 g/mol. The summed E-state index contributed by atoms with van der Waals surface area (Å²) in [4.78, 5) is 64.2. The van der Waals surface area contributed by atoms with E-state index in [2.05, 4.69) is 31.6 Å². The van der Waals surface area contributed by atoms with Crippen LogP contribution in [0.4, 0.5) is 45.4 Å². The van der Waals surface area contributed by atoms with Gasteiger partial charge in [0.25, 0.3) is 0 Å². The highest BCUT2D eigenvalue weighted by molar-refractivity contribution is 5.85. The zero-order valence-corrected chi connectivity index (χ0v) is 33.5. The van der Waals surface area contributed by atoms with Gasteiger partial charge in [0, 0.05) is 32.0 Å². The number of nitrogens with zero attached hydrogens (tertiary/aromatic N) is 8. The Morgan fingerprint density at radius 3 is 2.21 bits per heavy atom. The molecule has 19 nitrogen and oxygen atoms in total. The number of halogens is 4. The van der Waals surface area contributed by atoms with Gasteiger partial charge in [-0.05, 0) is 55.5 Å². The van der Waals surface area contributed by atoms with Gasteiger partial charge in [0.05, 0.1) is 35.5 Å². The minimum Gasteiger partial charge on any atom is -0.481 e. The van der Waals surface area contributed by atoms with Crippen LogP contribution in [0.3, 0.4) is 0 Å². The van der Waals surface area contributed by atoms with E-state index in [0.717, 1.165) is 50.5 Å². The van der Waals surface area contributed by atoms with Crippen LogP contribution in [0.1, 0.15) is 57.9 Å². The van der Waals surface area contributed by atoms with Gasteiger partial charge < -0.3 is 29.0 Å². The Morgan fingerprint density at radius 2 is 1.60 bits per heavy atom. The van der Waals surface area contributed by atoms with Gasteiger partial charge in [-0.15, -0.1) is 0 Å². The molecule has 23 heteroatoms. The van der Waals surface area contributed by atoms with Crippen molar-refractivity contribution in [1.29, 1.82) is 0 Å². The second-order valence-electron chi connectivity index (χ2n) is 14.2. The molecule has 0 radical (unpaired) electrons. The standard InChI is InChI=1S/C21H22F2N4O8.C18H20F2N4O3/c1-2-33-21(30)27(8-6-14(7-9-27)19(28)29)17-16(26(31)32)18(25-12-24-17)34-11-13-4-3-5-15(10-13)35-20(22)23;1-2-3-12-6-8-23(9-7-12)17-16(24(25)26)18(22-11-21-17)27-15-5-4-13(19)10-14(15)20/h3-5,10,12,14,20H,2,6-9,11H2,1H3;4-5,10-12H,2-3,6-9H2,1H3/p+1. The maximum Gasteiger partial charge on any atom is 0.522 e. The topological polar surface area (TPSA) is 232 Å². The summed E-state index contributed by atoms with van der Waals surface area (Å²) in [5.74, 6) is -4.26. The highest BCUT2D eigenvalue weighted by Gasteiger charge is 2.52. The molecule has 332 valence electrons. The van der Waals surface area contributed by atoms with E-state index >= 15 is 0 Å². The summed E-state index contributed by atoms with van der Waals surface area (Å²) in [5, 5.41) is 33.0. The van der Waals surface area contributed by atoms with Crippen LogP contribution in [0.25, 0.3) is 0 Å². The highest BCUT2D eigenvalue weighted by atomic mass is 19.3. The van der Waals surface area contributed by atoms with Crippen LogP contribution in [-0.2, 0) is 16.1 Å². The molecule has 4 heterocycles. The van der Waals surface area contributed by atoms with Crippen molar-refractivity contribution in [1.82, 2.24) is 24.4 Å². The monoisotopic (exact) mass is 875 g/mol. The number of rotatable bonds is 15. The van der Waals surface area contributed by atoms with Gasteiger partial charge in [-0.1, -0.05) is 31.9 Å². The highest BCUT2D eigenvalue weighted by Crippen LogP contribution is 2.42. The van der Waals surface area contributed by atoms with Gasteiger partial charge in [0.15, 0.2) is 11.6 Å². The minimum atomic E-state index is -3.02. The fourth-order valence-corrected chi connectivity index (χ4v) is 7.20. The fourth-order valence-electron chi connectivity index (χ4n) is 7.20. The average Bonchev–Trinajstić information content (AvgIpc) is 3.24. The first-order valence-corrected chi connectivity index (χ1v) is 19.5. The normalized spacial score (nSPS) is 17.7. The SMILES string of the molecule is CCCC1CCN(c2ncnc(Oc3ccc(F)cc3F)c2[N+](=O)[O-])CC1.CCOC(=O)[N+]1(c2ncnc(OCc3cccc(OC(F)F)c3)c2[N+](=O)[O-])CCC(C(=O)O)CC1. The van der Waals surface area contributed by atoms with Crippen molar-refractivity contribution in [3.8, 4) is 23.3 Å². The maximum atomic E-state index is 13.9. The number of nitro groups is 2. The lowest BCUT2D eigenvalue weighted by molar-refractivity contribution is -0.386. The number of likely N-dealkylation sites (tertiary alicyclic amines) is 1. The molecule has 0 aliphatic carbocycles. The average molecular weight is 876 g/mol. The number of aliphatic carboxylic acids is 1. The second-order valence-corrected chi connectivity index (χ2v) is 14.2. The number of piperidine rings is 2. The lowest BCUT2D eigenvalue weighted by atomic mass is 9.92. The van der Waals surface area contributed by atoms with Crippen molar-refractivity contribution in [2.45, 2.75) is 65.6 Å². The van der Waals surface area contributed by atoms with Crippen LogP contribution in [0, 0.1) is 43.7 Å². The van der Waals surface area contributed by atoms with Gasteiger partial charge in [0.2, 0.25) is 5.82 Å². The lowest BCUT2D eigenvalue weighted by Crippen LogP contribution is -2.60. The molecule has 6 rings (SSSR count). The molecule has 2 aromatic carbocycles. The van der Waals surface area contributed by atoms with E-state index in [1.807, 2.05) is 4.90 Å². The van der Waals surface area contributed by atoms with Gasteiger partial charge in [0.1, 0.15) is 30.8 Å². The van der Waals surface area contributed by atoms with E-state index in [4.69, 9.17) is 14.2 Å². The third-order valence-corrected chi connectivity index (χ3v) is 10.2. The quantitative estimate of drug-likeness (QED) is 0.0516. The first-order valence-electron chi connectivity index (χ1n) is 19.5. The number of quaternary nitrogens is 1. The molecule has 0 spiro atoms. The number of carbonyl (C=O) groups excluding carboxylic acids is 1. The van der Waals surface area contributed by atoms with E-state index in [1.54, 1.807) is 6.92 Å². The van der Waals surface area contributed by atoms with E-state index in [0.29, 0.717) is 30.6 Å². The molecule has 4 aromatic rings. The number of ether oxygens (including phenoxy) is 4. The number of hydrogen-bond donors (Lipinski definition) is 1. The number of benzene rings is 2. The van der Waals surface area contributed by atoms with Crippen LogP contribution < -0.4 is 23.6 Å². The van der Waals surface area contributed by atoms with E-state index in [-0.39, 0.29) is 68.2 Å². The number of carboxylic acids is 1. The van der Waals surface area contributed by atoms with Crippen LogP contribution in [0.5, 0.6) is 23.3 Å². The first-order chi connectivity index (χ1) is 29.7. The summed E-state index contributed by atoms with van der Waals surface area (Å²) in [5.41, 5.74) is -0.723. The summed E-state index contributed by atoms with van der Waals surface area (Å²) in [6.45, 7) is 1.54. The van der Waals surface area contributed by atoms with Gasteiger partial charge in [-0.25, -0.2) is 13.8 Å². The summed E-state index contributed by atoms with van der Waals surface area (Å²) in [6.07, 6.45) is 5.59. The van der Waals surface area contributed by atoms with Crippen LogP contribution in [-0.4, -0.2) is 86.3 Å². The number of alkyl halides is 2. The second kappa shape index (κ2) is 21.1. The van der Waals surface area contributed by atoms with Crippen molar-refractivity contribution >= 4 is 35.1 Å². The first kappa shape index (κ1) is 46.3. The molecule has 2 aliphatic rings. The molecule has 1 N–H and O–H groups in total. The zero-order valence-electron chi connectivity index (χ0n) is 33.5. The van der Waals surface area contributed by atoms with Crippen LogP contribution in [0.2, 0.25) is 0 Å². The van der Waals surface area contributed by atoms with Gasteiger partial charge in [-0.3, -0.25) is 25.0 Å². The Morgan fingerprint density at radius 1 is 0.919 bits per heavy atom. The predicted molar refractivity (Wildman–Crippen MR) is 210 cm³/mol. The fraction of sp³-hybridized carbons (Fsp3) is 0.436. The Bertz CT molecular complexity index is 2230. The lowest BCUT2D eigenvalue weighted by Gasteiger charge is -2.36. The predicted octanol–water partition coefficient (Wildman–Crippen LogP) is 8.00. The zero-order chi connectivity index (χ0) is 45.0. The third-order valence-electron chi connectivity index (χ3n) is 10.2. The number of anilines is 1. The maximum absolute atomic E-state index is 13.9. The summed E-state index contributed by atoms with van der Waals surface area (Å²) < 4.78 is 71.5. The van der Waals surface area contributed by atoms with E-state index < -0.39 is 67.8 Å². The molecule has 2 aromatic heterocycles. The molecule has 2 saturated heterocycles. The number of carboxylic acid groups (broad SMARTS) is 1. The molecule has 62 heavy (non-hydrogen) atoms. The molecule has 1 amide bonds. The Balaban J connectivity index is 0.000000242. The Kier molecular flexibility index (Phi) is 15.8. The van der Waals surface area contributed by atoms with Crippen molar-refractivity contribution in [2.75, 3.05) is 37.7 Å². The molecular formula is C39H43F4N8O11+. The summed E-state index contributed by atoms with van der Waals surface area (Å²) in [6, 6.07) is 8.29. The molecule has 0 bridgehead atoms. The summed E-state index contributed by atoms with van der Waals surface area (Å²) in [7, 11) is 0. The number of hydrogen-bond acceptors (Lipinski definition) is 15. The van der Waals surface area contributed by atoms with Gasteiger partial charge >= 0.3 is 47.6 Å². The van der Waals surface area contributed by atoms with Crippen molar-refractivity contribution < 1.29 is 61.1 Å². The molecule has 2 fully saturated rings. The van der Waals surface area contributed by atoms with Crippen LogP contribution in [0.15, 0.2) is 55.1 Å². The number of amides is 1. The molecule has 0 unspecified atom stereocenters. The van der Waals surface area contributed by atoms with E-state index in [9.17, 15) is 52.5 Å². The van der Waals surface area contributed by atoms with Crippen molar-refractivity contribution in [3.63, 3.8) is 0 Å². The van der Waals surface area contributed by atoms with E-state index in [1.165, 1.54) is 24.3 Å². The van der Waals surface area contributed by atoms with Crippen molar-refractivity contribution in [2.24, 2.45) is 11.8 Å².